The summed E-state index contributed by atoms with van der Waals surface area (Å²) in [6, 6.07) is 4.97. The van der Waals surface area contributed by atoms with E-state index in [0.717, 1.165) is 51.4 Å². The number of benzene rings is 2. The first-order valence-electron chi connectivity index (χ1n) is 24.7. The zero-order valence-corrected chi connectivity index (χ0v) is 42.6. The van der Waals surface area contributed by atoms with Gasteiger partial charge in [0, 0.05) is 48.0 Å². The lowest BCUT2D eigenvalue weighted by atomic mass is 9.83. The molecule has 0 fully saturated rings. The lowest BCUT2D eigenvalue weighted by Crippen LogP contribution is -2.37. The van der Waals surface area contributed by atoms with Crippen LogP contribution in [-0.4, -0.2) is 94.1 Å². The van der Waals surface area contributed by atoms with Crippen molar-refractivity contribution in [2.75, 3.05) is 26.4 Å². The number of hydrogen-bond donors (Lipinski definition) is 2. The highest BCUT2D eigenvalue weighted by atomic mass is 16.5. The van der Waals surface area contributed by atoms with E-state index in [1.54, 1.807) is 27.7 Å². The third-order valence-electron chi connectivity index (χ3n) is 13.0. The van der Waals surface area contributed by atoms with E-state index in [2.05, 4.69) is 27.7 Å². The van der Waals surface area contributed by atoms with Crippen LogP contribution in [0.3, 0.4) is 0 Å². The molecular formula is C54H84O12. The number of carboxylic acids is 2. The van der Waals surface area contributed by atoms with E-state index in [4.69, 9.17) is 18.9 Å². The third kappa shape index (κ3) is 17.4. The Morgan fingerprint density at radius 1 is 0.455 bits per heavy atom. The third-order valence-corrected chi connectivity index (χ3v) is 13.0. The fraction of sp³-hybridized carbons (Fsp3) is 0.704. The Balaban J connectivity index is 2.16. The number of carboxylic acid groups (broad SMARTS) is 2. The van der Waals surface area contributed by atoms with Gasteiger partial charge in [0.05, 0.1) is 24.3 Å². The molecule has 0 radical (unpaired) electrons. The number of ketones is 4. The van der Waals surface area contributed by atoms with Gasteiger partial charge in [0.1, 0.15) is 22.4 Å². The maximum absolute atomic E-state index is 14.3. The van der Waals surface area contributed by atoms with E-state index in [9.17, 15) is 39.0 Å². The molecule has 2 aromatic rings. The number of ether oxygens (including phenoxy) is 4. The van der Waals surface area contributed by atoms with Crippen LogP contribution in [0.1, 0.15) is 227 Å². The molecule has 66 heavy (non-hydrogen) atoms. The largest absolute Gasteiger partial charge is 0.478 e. The lowest BCUT2D eigenvalue weighted by molar-refractivity contribution is -0.142. The molecule has 2 N–H and O–H groups in total. The molecular weight excluding hydrogens is 841 g/mol. The normalized spacial score (nSPS) is 13.5. The topological polar surface area (TPSA) is 180 Å². The number of rotatable bonds is 36. The highest BCUT2D eigenvalue weighted by molar-refractivity contribution is 6.25. The van der Waals surface area contributed by atoms with Gasteiger partial charge >= 0.3 is 11.9 Å². The Morgan fingerprint density at radius 3 is 1.09 bits per heavy atom. The average Bonchev–Trinajstić information content (AvgIpc) is 3.27. The first-order valence-corrected chi connectivity index (χ1v) is 24.7. The van der Waals surface area contributed by atoms with E-state index < -0.39 is 45.9 Å². The van der Waals surface area contributed by atoms with Gasteiger partial charge in [-0.3, -0.25) is 19.2 Å². The molecule has 0 saturated heterocycles. The number of unbranched alkanes of at least 4 members (excludes halogenated alkanes) is 6. The Kier molecular flexibility index (Phi) is 24.0. The molecule has 2 unspecified atom stereocenters. The van der Waals surface area contributed by atoms with Gasteiger partial charge in [0.2, 0.25) is 0 Å². The molecule has 0 spiro atoms. The van der Waals surface area contributed by atoms with Gasteiger partial charge in [0.15, 0.2) is 23.1 Å². The Bertz CT molecular complexity index is 1790. The van der Waals surface area contributed by atoms with E-state index in [-0.39, 0.29) is 57.8 Å². The molecule has 0 aliphatic carbocycles. The summed E-state index contributed by atoms with van der Waals surface area (Å²) >= 11 is 0. The van der Waals surface area contributed by atoms with Crippen LogP contribution in [0.5, 0.6) is 0 Å². The smallest absolute Gasteiger partial charge is 0.336 e. The minimum Gasteiger partial charge on any atom is -0.478 e. The van der Waals surface area contributed by atoms with Crippen molar-refractivity contribution in [3.05, 3.63) is 46.5 Å². The first-order chi connectivity index (χ1) is 30.9. The molecule has 0 amide bonds. The van der Waals surface area contributed by atoms with E-state index >= 15 is 0 Å². The van der Waals surface area contributed by atoms with Crippen molar-refractivity contribution in [2.45, 2.75) is 208 Å². The lowest BCUT2D eigenvalue weighted by Gasteiger charge is -2.27. The van der Waals surface area contributed by atoms with Crippen LogP contribution in [0.25, 0.3) is 10.8 Å². The predicted molar refractivity (Wildman–Crippen MR) is 260 cm³/mol. The summed E-state index contributed by atoms with van der Waals surface area (Å²) in [6.07, 6.45) is 13.0. The van der Waals surface area contributed by atoms with Crippen LogP contribution in [0.2, 0.25) is 0 Å². The molecule has 12 heteroatoms. The van der Waals surface area contributed by atoms with Gasteiger partial charge in [-0.15, -0.1) is 0 Å². The van der Waals surface area contributed by atoms with E-state index in [1.807, 2.05) is 27.7 Å². The number of carbonyl (C=O) groups is 6. The maximum Gasteiger partial charge on any atom is 0.336 e. The quantitative estimate of drug-likeness (QED) is 0.0488. The second-order valence-electron chi connectivity index (χ2n) is 20.0. The van der Waals surface area contributed by atoms with Gasteiger partial charge in [-0.2, -0.15) is 0 Å². The molecule has 0 saturated carbocycles. The minimum absolute atomic E-state index is 0.0342. The fourth-order valence-corrected chi connectivity index (χ4v) is 8.01. The minimum atomic E-state index is -1.46. The molecule has 0 bridgehead atoms. The van der Waals surface area contributed by atoms with Crippen molar-refractivity contribution in [3.8, 4) is 0 Å². The van der Waals surface area contributed by atoms with Crippen LogP contribution >= 0.6 is 0 Å². The number of fused-ring (bicyclic) bond motifs is 1. The van der Waals surface area contributed by atoms with Gasteiger partial charge in [-0.1, -0.05) is 79.1 Å². The van der Waals surface area contributed by atoms with E-state index in [0.29, 0.717) is 76.4 Å². The highest BCUT2D eigenvalue weighted by Gasteiger charge is 2.37. The molecule has 0 aliphatic heterocycles. The van der Waals surface area contributed by atoms with Crippen LogP contribution < -0.4 is 0 Å². The first kappa shape index (κ1) is 58.3. The predicted octanol–water partition coefficient (Wildman–Crippen LogP) is 12.5. The molecule has 2 rings (SSSR count). The fourth-order valence-electron chi connectivity index (χ4n) is 8.01. The molecule has 0 aliphatic rings. The summed E-state index contributed by atoms with van der Waals surface area (Å²) in [7, 11) is 0. The Morgan fingerprint density at radius 2 is 0.788 bits per heavy atom. The van der Waals surface area contributed by atoms with Gasteiger partial charge in [-0.25, -0.2) is 9.59 Å². The number of Topliss-reactive ketones (excluding diaryl/α,β-unsaturated/α-hetero) is 4. The summed E-state index contributed by atoms with van der Waals surface area (Å²) < 4.78 is 24.4. The second-order valence-corrected chi connectivity index (χ2v) is 20.0. The van der Waals surface area contributed by atoms with Gasteiger partial charge in [-0.05, 0) is 130 Å². The van der Waals surface area contributed by atoms with Crippen molar-refractivity contribution < 1.29 is 57.9 Å². The zero-order valence-electron chi connectivity index (χ0n) is 42.6. The van der Waals surface area contributed by atoms with Gasteiger partial charge in [0.25, 0.3) is 0 Å². The SMILES string of the molecule is CCCCC(CC)COC(C)(C)C(=O)CCCCCOC(C)(C)C(=O)c1ccc(C(=O)O)c2c(C(=O)C(C)(C)OCCCCCC(=O)C(C)(C)OCC(CC)CCCC)ccc(C(=O)O)c12. The molecule has 2 aromatic carbocycles. The molecule has 0 heterocycles. The number of carbonyl (C=O) groups excluding carboxylic acids is 4. The Hall–Kier alpha value is -3.84. The summed E-state index contributed by atoms with van der Waals surface area (Å²) in [5.74, 6) is -3.06. The van der Waals surface area contributed by atoms with Crippen LogP contribution in [0, 0.1) is 11.8 Å². The molecule has 0 aromatic heterocycles. The second kappa shape index (κ2) is 27.2. The van der Waals surface area contributed by atoms with Gasteiger partial charge < -0.3 is 29.2 Å². The van der Waals surface area contributed by atoms with Crippen LogP contribution in [0.15, 0.2) is 24.3 Å². The van der Waals surface area contributed by atoms with Crippen molar-refractivity contribution in [1.82, 2.24) is 0 Å². The summed E-state index contributed by atoms with van der Waals surface area (Å²) in [5, 5.41) is 20.3. The van der Waals surface area contributed by atoms with Crippen molar-refractivity contribution in [1.29, 1.82) is 0 Å². The highest BCUT2D eigenvalue weighted by Crippen LogP contribution is 2.35. The van der Waals surface area contributed by atoms with Crippen LogP contribution in [-0.2, 0) is 28.5 Å². The number of hydrogen-bond acceptors (Lipinski definition) is 10. The standard InChI is InChI=1S/C54H84O12/c1-13-17-25-37(15-3)35-65-51(5,6)43(55)27-21-19-23-33-63-53(9,10)47(57)39-29-31-42(50(61)62)46-40(30-32-41(45(39)46)49(59)60)48(58)54(11,12)64-34-24-20-22-28-44(56)52(7,8)66-36-38(16-4)26-18-14-2/h29-32,37-38H,13-28,33-36H2,1-12H3,(H,59,60)(H,61,62). The molecule has 12 nitrogen and oxygen atoms in total. The Labute approximate surface area is 395 Å². The monoisotopic (exact) mass is 925 g/mol. The summed E-state index contributed by atoms with van der Waals surface area (Å²) in [4.78, 5) is 80.0. The maximum atomic E-state index is 14.3. The van der Waals surface area contributed by atoms with Crippen molar-refractivity contribution in [3.63, 3.8) is 0 Å². The molecule has 372 valence electrons. The average molecular weight is 925 g/mol. The van der Waals surface area contributed by atoms with Crippen LogP contribution in [0.4, 0.5) is 0 Å². The zero-order chi connectivity index (χ0) is 49.9. The van der Waals surface area contributed by atoms with E-state index in [1.165, 1.54) is 24.3 Å². The van der Waals surface area contributed by atoms with Crippen molar-refractivity contribution >= 4 is 45.8 Å². The molecule has 2 atom stereocenters. The summed E-state index contributed by atoms with van der Waals surface area (Å²) in [5.41, 5.74) is -5.55. The number of aromatic carboxylic acids is 2. The summed E-state index contributed by atoms with van der Waals surface area (Å²) in [6.45, 7) is 23.6. The van der Waals surface area contributed by atoms with Crippen molar-refractivity contribution in [2.24, 2.45) is 11.8 Å².